The number of aryl methyl sites for hydroxylation is 1. The van der Waals surface area contributed by atoms with Gasteiger partial charge in [-0.1, -0.05) is 20.8 Å². The maximum Gasteiger partial charge on any atom is 0.303 e. The van der Waals surface area contributed by atoms with E-state index in [9.17, 15) is 4.79 Å². The van der Waals surface area contributed by atoms with Crippen molar-refractivity contribution in [2.45, 2.75) is 52.9 Å². The first kappa shape index (κ1) is 15.9. The number of nitrogens with one attached hydrogen (secondary N) is 1. The van der Waals surface area contributed by atoms with Crippen molar-refractivity contribution >= 4 is 22.6 Å². The van der Waals surface area contributed by atoms with Crippen LogP contribution in [0.15, 0.2) is 0 Å². The van der Waals surface area contributed by atoms with Crippen molar-refractivity contribution in [2.24, 2.45) is 5.41 Å². The molecule has 19 heavy (non-hydrogen) atoms. The molecule has 6 heteroatoms. The molecule has 0 bridgehead atoms. The molecule has 0 aromatic carbocycles. The SMILES string of the molecule is CCCc1nsc(NCCC(C)(C)CCC(=O)O)n1. The highest BCUT2D eigenvalue weighted by molar-refractivity contribution is 7.09. The lowest BCUT2D eigenvalue weighted by molar-refractivity contribution is -0.137. The predicted molar refractivity (Wildman–Crippen MR) is 77.7 cm³/mol. The Morgan fingerprint density at radius 1 is 1.42 bits per heavy atom. The minimum atomic E-state index is -0.727. The fourth-order valence-corrected chi connectivity index (χ4v) is 2.37. The first-order valence-electron chi connectivity index (χ1n) is 6.71. The lowest BCUT2D eigenvalue weighted by Gasteiger charge is -2.23. The number of aliphatic carboxylic acids is 1. The molecule has 2 N–H and O–H groups in total. The summed E-state index contributed by atoms with van der Waals surface area (Å²) < 4.78 is 4.27. The van der Waals surface area contributed by atoms with E-state index in [1.54, 1.807) is 0 Å². The second-order valence-corrected chi connectivity index (χ2v) is 6.25. The number of anilines is 1. The Labute approximate surface area is 118 Å². The summed E-state index contributed by atoms with van der Waals surface area (Å²) in [7, 11) is 0. The minimum absolute atomic E-state index is 0.0301. The van der Waals surface area contributed by atoms with E-state index in [-0.39, 0.29) is 11.8 Å². The zero-order chi connectivity index (χ0) is 14.3. The van der Waals surface area contributed by atoms with Crippen LogP contribution in [-0.4, -0.2) is 27.0 Å². The van der Waals surface area contributed by atoms with Crippen molar-refractivity contribution in [1.29, 1.82) is 0 Å². The van der Waals surface area contributed by atoms with Gasteiger partial charge in [0.2, 0.25) is 5.13 Å². The number of carbonyl (C=O) groups is 1. The second kappa shape index (κ2) is 7.43. The minimum Gasteiger partial charge on any atom is -0.481 e. The van der Waals surface area contributed by atoms with Gasteiger partial charge in [-0.05, 0) is 24.7 Å². The molecule has 0 aliphatic carbocycles. The third-order valence-corrected chi connectivity index (χ3v) is 3.75. The molecule has 0 amide bonds. The molecule has 1 heterocycles. The third kappa shape index (κ3) is 6.52. The van der Waals surface area contributed by atoms with Gasteiger partial charge in [-0.3, -0.25) is 4.79 Å². The fraction of sp³-hybridized carbons (Fsp3) is 0.769. The van der Waals surface area contributed by atoms with E-state index in [4.69, 9.17) is 5.11 Å². The van der Waals surface area contributed by atoms with E-state index in [0.29, 0.717) is 6.42 Å². The summed E-state index contributed by atoms with van der Waals surface area (Å²) in [6.07, 6.45) is 3.82. The summed E-state index contributed by atoms with van der Waals surface area (Å²) in [5.74, 6) is 0.175. The average molecular weight is 285 g/mol. The van der Waals surface area contributed by atoms with Crippen LogP contribution in [0.1, 0.15) is 52.3 Å². The maximum absolute atomic E-state index is 10.6. The van der Waals surface area contributed by atoms with Crippen LogP contribution in [0.5, 0.6) is 0 Å². The van der Waals surface area contributed by atoms with E-state index in [1.807, 2.05) is 0 Å². The van der Waals surface area contributed by atoms with E-state index in [0.717, 1.165) is 36.8 Å². The Hall–Kier alpha value is -1.17. The summed E-state index contributed by atoms with van der Waals surface area (Å²) in [6, 6.07) is 0. The molecule has 0 radical (unpaired) electrons. The summed E-state index contributed by atoms with van der Waals surface area (Å²) in [5.41, 5.74) is 0.0301. The molecule has 0 aliphatic rings. The average Bonchev–Trinajstić information content (AvgIpc) is 2.75. The van der Waals surface area contributed by atoms with Crippen LogP contribution in [-0.2, 0) is 11.2 Å². The van der Waals surface area contributed by atoms with Crippen LogP contribution in [0.25, 0.3) is 0 Å². The van der Waals surface area contributed by atoms with Gasteiger partial charge in [0.05, 0.1) is 0 Å². The van der Waals surface area contributed by atoms with E-state index >= 15 is 0 Å². The van der Waals surface area contributed by atoms with Gasteiger partial charge in [0.15, 0.2) is 0 Å². The molecular weight excluding hydrogens is 262 g/mol. The first-order chi connectivity index (χ1) is 8.93. The highest BCUT2D eigenvalue weighted by atomic mass is 32.1. The molecular formula is C13H23N3O2S. The van der Waals surface area contributed by atoms with Crippen molar-refractivity contribution < 1.29 is 9.90 Å². The molecule has 5 nitrogen and oxygen atoms in total. The largest absolute Gasteiger partial charge is 0.481 e. The molecule has 0 aliphatic heterocycles. The van der Waals surface area contributed by atoms with E-state index < -0.39 is 5.97 Å². The smallest absolute Gasteiger partial charge is 0.303 e. The quantitative estimate of drug-likeness (QED) is 0.729. The number of aromatic nitrogens is 2. The Bertz CT molecular complexity index is 404. The van der Waals surface area contributed by atoms with Crippen LogP contribution in [0, 0.1) is 5.41 Å². The van der Waals surface area contributed by atoms with E-state index in [2.05, 4.69) is 35.4 Å². The summed E-state index contributed by atoms with van der Waals surface area (Å²) in [5, 5.41) is 12.8. The lowest BCUT2D eigenvalue weighted by Crippen LogP contribution is -2.18. The summed E-state index contributed by atoms with van der Waals surface area (Å²) in [6.45, 7) is 7.10. The van der Waals surface area contributed by atoms with Gasteiger partial charge < -0.3 is 10.4 Å². The Kier molecular flexibility index (Phi) is 6.21. The van der Waals surface area contributed by atoms with Crippen molar-refractivity contribution in [2.75, 3.05) is 11.9 Å². The highest BCUT2D eigenvalue weighted by Gasteiger charge is 2.18. The highest BCUT2D eigenvalue weighted by Crippen LogP contribution is 2.26. The molecule has 0 atom stereocenters. The molecule has 1 rings (SSSR count). The molecule has 0 unspecified atom stereocenters. The Morgan fingerprint density at radius 2 is 2.16 bits per heavy atom. The van der Waals surface area contributed by atoms with Crippen LogP contribution >= 0.6 is 11.5 Å². The Morgan fingerprint density at radius 3 is 2.79 bits per heavy atom. The molecule has 0 saturated heterocycles. The zero-order valence-electron chi connectivity index (χ0n) is 11.9. The third-order valence-electron chi connectivity index (χ3n) is 3.04. The van der Waals surface area contributed by atoms with Crippen LogP contribution in [0.2, 0.25) is 0 Å². The van der Waals surface area contributed by atoms with Crippen LogP contribution < -0.4 is 5.32 Å². The molecule has 0 fully saturated rings. The molecule has 0 spiro atoms. The molecule has 108 valence electrons. The maximum atomic E-state index is 10.6. The van der Waals surface area contributed by atoms with Gasteiger partial charge in [-0.2, -0.15) is 4.37 Å². The van der Waals surface area contributed by atoms with Crippen molar-refractivity contribution in [3.63, 3.8) is 0 Å². The number of rotatable bonds is 9. The monoisotopic (exact) mass is 285 g/mol. The second-order valence-electron chi connectivity index (χ2n) is 5.50. The van der Waals surface area contributed by atoms with Crippen LogP contribution in [0.3, 0.4) is 0 Å². The summed E-state index contributed by atoms with van der Waals surface area (Å²) in [4.78, 5) is 15.0. The van der Waals surface area contributed by atoms with Gasteiger partial charge >= 0.3 is 5.97 Å². The standard InChI is InChI=1S/C13H23N3O2S/c1-4-5-10-15-12(19-16-10)14-9-8-13(2,3)7-6-11(17)18/h4-9H2,1-3H3,(H,17,18)(H,14,15,16). The van der Waals surface area contributed by atoms with Crippen molar-refractivity contribution in [1.82, 2.24) is 9.36 Å². The van der Waals surface area contributed by atoms with Crippen molar-refractivity contribution in [3.05, 3.63) is 5.82 Å². The predicted octanol–water partition coefficient (Wildman–Crippen LogP) is 3.18. The number of carboxylic acids is 1. The zero-order valence-corrected chi connectivity index (χ0v) is 12.7. The van der Waals surface area contributed by atoms with Crippen molar-refractivity contribution in [3.8, 4) is 0 Å². The molecule has 1 aromatic heterocycles. The number of hydrogen-bond donors (Lipinski definition) is 2. The molecule has 0 saturated carbocycles. The number of hydrogen-bond acceptors (Lipinski definition) is 5. The lowest BCUT2D eigenvalue weighted by atomic mass is 9.84. The van der Waals surface area contributed by atoms with Gasteiger partial charge in [0.1, 0.15) is 5.82 Å². The topological polar surface area (TPSA) is 75.1 Å². The molecule has 1 aromatic rings. The number of nitrogens with zero attached hydrogens (tertiary/aromatic N) is 2. The van der Waals surface area contributed by atoms with Gasteiger partial charge in [-0.15, -0.1) is 0 Å². The fourth-order valence-electron chi connectivity index (χ4n) is 1.73. The van der Waals surface area contributed by atoms with Crippen LogP contribution in [0.4, 0.5) is 5.13 Å². The van der Waals surface area contributed by atoms with Gasteiger partial charge in [0, 0.05) is 30.9 Å². The Balaban J connectivity index is 2.29. The van der Waals surface area contributed by atoms with E-state index in [1.165, 1.54) is 11.5 Å². The number of carboxylic acid groups (broad SMARTS) is 1. The summed E-state index contributed by atoms with van der Waals surface area (Å²) >= 11 is 1.39. The van der Waals surface area contributed by atoms with Gasteiger partial charge in [-0.25, -0.2) is 4.98 Å². The first-order valence-corrected chi connectivity index (χ1v) is 7.48. The normalized spacial score (nSPS) is 11.5. The van der Waals surface area contributed by atoms with Gasteiger partial charge in [0.25, 0.3) is 0 Å².